The Morgan fingerprint density at radius 1 is 1.33 bits per heavy atom. The lowest BCUT2D eigenvalue weighted by Gasteiger charge is -2.06. The zero-order valence-corrected chi connectivity index (χ0v) is 10.3. The minimum Gasteiger partial charge on any atom is -0.483 e. The highest BCUT2D eigenvalue weighted by Crippen LogP contribution is 2.12. The number of aromatic nitrogens is 1. The maximum absolute atomic E-state index is 11.6. The van der Waals surface area contributed by atoms with Gasteiger partial charge in [0.2, 0.25) is 5.43 Å². The summed E-state index contributed by atoms with van der Waals surface area (Å²) in [5.41, 5.74) is 1.07. The number of aliphatic hydroxyl groups is 1. The average molecular weight is 266 g/mol. The van der Waals surface area contributed by atoms with E-state index in [9.17, 15) is 4.79 Å². The number of H-pyrrole nitrogens is 1. The van der Waals surface area contributed by atoms with E-state index in [1.165, 1.54) is 12.3 Å². The Morgan fingerprint density at radius 3 is 2.83 bits per heavy atom. The molecule has 2 N–H and O–H groups in total. The van der Waals surface area contributed by atoms with E-state index in [1.807, 2.05) is 12.1 Å². The molecule has 0 spiro atoms. The molecule has 0 fully saturated rings. The van der Waals surface area contributed by atoms with E-state index in [0.29, 0.717) is 10.7 Å². The second-order valence-corrected chi connectivity index (χ2v) is 4.20. The third-order valence-corrected chi connectivity index (χ3v) is 2.63. The van der Waals surface area contributed by atoms with Crippen LogP contribution >= 0.6 is 11.6 Å². The predicted molar refractivity (Wildman–Crippen MR) is 68.8 cm³/mol. The molecule has 5 heteroatoms. The SMILES string of the molecule is O=c1cc(CO)[nH]cc1OCc1cccc(Cl)c1. The summed E-state index contributed by atoms with van der Waals surface area (Å²) in [5, 5.41) is 9.49. The van der Waals surface area contributed by atoms with Gasteiger partial charge in [0.1, 0.15) is 6.61 Å². The molecule has 0 saturated carbocycles. The highest BCUT2D eigenvalue weighted by Gasteiger charge is 2.03. The van der Waals surface area contributed by atoms with Crippen molar-refractivity contribution in [3.8, 4) is 5.75 Å². The predicted octanol–water partition coefficient (Wildman–Crippen LogP) is 2.10. The van der Waals surface area contributed by atoms with Crippen LogP contribution in [0.5, 0.6) is 5.75 Å². The first-order chi connectivity index (χ1) is 8.69. The molecule has 0 unspecified atom stereocenters. The summed E-state index contributed by atoms with van der Waals surface area (Å²) in [7, 11) is 0. The molecule has 0 aliphatic carbocycles. The normalized spacial score (nSPS) is 10.3. The van der Waals surface area contributed by atoms with Crippen molar-refractivity contribution in [2.75, 3.05) is 0 Å². The second kappa shape index (κ2) is 5.71. The molecule has 0 atom stereocenters. The summed E-state index contributed by atoms with van der Waals surface area (Å²) in [5.74, 6) is 0.215. The molecule has 0 saturated heterocycles. The van der Waals surface area contributed by atoms with Crippen LogP contribution in [0.15, 0.2) is 41.3 Å². The summed E-state index contributed by atoms with van der Waals surface area (Å²) >= 11 is 5.85. The van der Waals surface area contributed by atoms with E-state index in [1.54, 1.807) is 12.1 Å². The first-order valence-corrected chi connectivity index (χ1v) is 5.76. The number of rotatable bonds is 4. The fourth-order valence-corrected chi connectivity index (χ4v) is 1.71. The molecule has 1 aromatic heterocycles. The van der Waals surface area contributed by atoms with Crippen molar-refractivity contribution in [1.82, 2.24) is 4.98 Å². The molecule has 2 aromatic rings. The van der Waals surface area contributed by atoms with Gasteiger partial charge in [0, 0.05) is 23.0 Å². The van der Waals surface area contributed by atoms with Gasteiger partial charge in [-0.1, -0.05) is 23.7 Å². The molecule has 0 aliphatic rings. The summed E-state index contributed by atoms with van der Waals surface area (Å²) in [4.78, 5) is 14.4. The Balaban J connectivity index is 2.09. The minimum absolute atomic E-state index is 0.205. The topological polar surface area (TPSA) is 62.3 Å². The Labute approximate surface area is 109 Å². The van der Waals surface area contributed by atoms with Crippen LogP contribution in [-0.2, 0) is 13.2 Å². The van der Waals surface area contributed by atoms with E-state index in [4.69, 9.17) is 21.4 Å². The van der Waals surface area contributed by atoms with Crippen LogP contribution in [0.3, 0.4) is 0 Å². The van der Waals surface area contributed by atoms with Gasteiger partial charge in [-0.05, 0) is 17.7 Å². The fourth-order valence-electron chi connectivity index (χ4n) is 1.49. The van der Waals surface area contributed by atoms with Crippen molar-refractivity contribution >= 4 is 11.6 Å². The van der Waals surface area contributed by atoms with Gasteiger partial charge in [-0.3, -0.25) is 4.79 Å². The quantitative estimate of drug-likeness (QED) is 0.890. The molecule has 2 rings (SSSR count). The molecule has 1 aromatic carbocycles. The number of halogens is 1. The maximum Gasteiger partial charge on any atom is 0.223 e. The summed E-state index contributed by atoms with van der Waals surface area (Å²) < 4.78 is 5.39. The standard InChI is InChI=1S/C13H12ClNO3/c14-10-3-1-2-9(4-10)8-18-13-6-15-11(7-16)5-12(13)17/h1-6,16H,7-8H2,(H,15,17). The van der Waals surface area contributed by atoms with E-state index >= 15 is 0 Å². The smallest absolute Gasteiger partial charge is 0.223 e. The largest absolute Gasteiger partial charge is 0.483 e. The third kappa shape index (κ3) is 3.12. The number of nitrogens with one attached hydrogen (secondary N) is 1. The fraction of sp³-hybridized carbons (Fsp3) is 0.154. The van der Waals surface area contributed by atoms with Crippen LogP contribution in [-0.4, -0.2) is 10.1 Å². The molecular weight excluding hydrogens is 254 g/mol. The number of aliphatic hydroxyl groups excluding tert-OH is 1. The van der Waals surface area contributed by atoms with Crippen LogP contribution in [0.25, 0.3) is 0 Å². The van der Waals surface area contributed by atoms with Gasteiger partial charge < -0.3 is 14.8 Å². The van der Waals surface area contributed by atoms with E-state index in [-0.39, 0.29) is 24.4 Å². The Morgan fingerprint density at radius 2 is 2.17 bits per heavy atom. The lowest BCUT2D eigenvalue weighted by molar-refractivity contribution is 0.274. The van der Waals surface area contributed by atoms with Crippen molar-refractivity contribution < 1.29 is 9.84 Å². The molecular formula is C13H12ClNO3. The van der Waals surface area contributed by atoms with Crippen LogP contribution in [0.4, 0.5) is 0 Å². The Bertz CT molecular complexity index is 595. The molecule has 0 aliphatic heterocycles. The van der Waals surface area contributed by atoms with Crippen LogP contribution in [0.1, 0.15) is 11.3 Å². The van der Waals surface area contributed by atoms with Gasteiger partial charge in [0.25, 0.3) is 0 Å². The average Bonchev–Trinajstić information content (AvgIpc) is 2.37. The molecule has 94 valence electrons. The van der Waals surface area contributed by atoms with Gasteiger partial charge in [-0.15, -0.1) is 0 Å². The van der Waals surface area contributed by atoms with Gasteiger partial charge in [-0.2, -0.15) is 0 Å². The monoisotopic (exact) mass is 265 g/mol. The molecule has 4 nitrogen and oxygen atoms in total. The van der Waals surface area contributed by atoms with Gasteiger partial charge in [0.15, 0.2) is 5.75 Å². The van der Waals surface area contributed by atoms with Crippen molar-refractivity contribution in [2.24, 2.45) is 0 Å². The Kier molecular flexibility index (Phi) is 4.02. The first kappa shape index (κ1) is 12.7. The van der Waals surface area contributed by atoms with E-state index in [2.05, 4.69) is 4.98 Å². The highest BCUT2D eigenvalue weighted by molar-refractivity contribution is 6.30. The number of pyridine rings is 1. The summed E-state index contributed by atoms with van der Waals surface area (Å²) in [6.07, 6.45) is 1.44. The zero-order chi connectivity index (χ0) is 13.0. The Hall–Kier alpha value is -1.78. The van der Waals surface area contributed by atoms with Gasteiger partial charge in [0.05, 0.1) is 6.61 Å². The van der Waals surface area contributed by atoms with Crippen molar-refractivity contribution in [3.63, 3.8) is 0 Å². The third-order valence-electron chi connectivity index (χ3n) is 2.39. The minimum atomic E-state index is -0.264. The van der Waals surface area contributed by atoms with E-state index < -0.39 is 0 Å². The van der Waals surface area contributed by atoms with Crippen molar-refractivity contribution in [2.45, 2.75) is 13.2 Å². The maximum atomic E-state index is 11.6. The zero-order valence-electron chi connectivity index (χ0n) is 9.52. The van der Waals surface area contributed by atoms with Crippen molar-refractivity contribution in [3.05, 3.63) is 63.0 Å². The molecule has 0 bridgehead atoms. The molecule has 0 amide bonds. The van der Waals surface area contributed by atoms with Gasteiger partial charge in [-0.25, -0.2) is 0 Å². The lowest BCUT2D eigenvalue weighted by atomic mass is 10.2. The molecule has 1 heterocycles. The highest BCUT2D eigenvalue weighted by atomic mass is 35.5. The van der Waals surface area contributed by atoms with Crippen LogP contribution in [0, 0.1) is 0 Å². The van der Waals surface area contributed by atoms with E-state index in [0.717, 1.165) is 5.56 Å². The van der Waals surface area contributed by atoms with Crippen LogP contribution < -0.4 is 10.2 Å². The van der Waals surface area contributed by atoms with Gasteiger partial charge >= 0.3 is 0 Å². The van der Waals surface area contributed by atoms with Crippen LogP contribution in [0.2, 0.25) is 5.02 Å². The molecule has 0 radical (unpaired) electrons. The number of benzene rings is 1. The number of ether oxygens (including phenoxy) is 1. The summed E-state index contributed by atoms with van der Waals surface area (Å²) in [6, 6.07) is 8.54. The number of aromatic amines is 1. The molecule has 18 heavy (non-hydrogen) atoms. The number of hydrogen-bond donors (Lipinski definition) is 2. The second-order valence-electron chi connectivity index (χ2n) is 3.76. The van der Waals surface area contributed by atoms with Crippen molar-refractivity contribution in [1.29, 1.82) is 0 Å². The summed E-state index contributed by atoms with van der Waals surface area (Å²) in [6.45, 7) is 0.0614. The number of hydrogen-bond acceptors (Lipinski definition) is 3. The lowest BCUT2D eigenvalue weighted by Crippen LogP contribution is -2.09. The first-order valence-electron chi connectivity index (χ1n) is 5.39.